The predicted molar refractivity (Wildman–Crippen MR) is 125 cm³/mol. The van der Waals surface area contributed by atoms with Gasteiger partial charge in [0.2, 0.25) is 15.9 Å². The molecule has 0 bridgehead atoms. The Morgan fingerprint density at radius 2 is 1.94 bits per heavy atom. The van der Waals surface area contributed by atoms with E-state index in [9.17, 15) is 13.2 Å². The lowest BCUT2D eigenvalue weighted by Crippen LogP contribution is -2.36. The molecule has 0 radical (unpaired) electrons. The lowest BCUT2D eigenvalue weighted by Gasteiger charge is -2.30. The van der Waals surface area contributed by atoms with Crippen molar-refractivity contribution >= 4 is 44.3 Å². The summed E-state index contributed by atoms with van der Waals surface area (Å²) in [6, 6.07) is 15.0. The summed E-state index contributed by atoms with van der Waals surface area (Å²) in [5, 5.41) is 1.95. The van der Waals surface area contributed by atoms with Crippen LogP contribution in [0.25, 0.3) is 10.9 Å². The molecular formula is C23H25N3O3S2. The highest BCUT2D eigenvalue weighted by Gasteiger charge is 2.25. The molecule has 6 nitrogen and oxygen atoms in total. The van der Waals surface area contributed by atoms with Gasteiger partial charge in [0.1, 0.15) is 0 Å². The van der Waals surface area contributed by atoms with E-state index in [0.29, 0.717) is 6.54 Å². The Bertz CT molecular complexity index is 1260. The molecule has 1 amide bonds. The molecule has 0 fully saturated rings. The molecule has 2 aromatic carbocycles. The van der Waals surface area contributed by atoms with Gasteiger partial charge in [0.05, 0.1) is 21.2 Å². The number of anilines is 1. The maximum absolute atomic E-state index is 13.0. The van der Waals surface area contributed by atoms with Crippen LogP contribution in [0.1, 0.15) is 17.5 Å². The summed E-state index contributed by atoms with van der Waals surface area (Å²) in [7, 11) is -0.462. The molecule has 31 heavy (non-hydrogen) atoms. The Kier molecular flexibility index (Phi) is 6.05. The van der Waals surface area contributed by atoms with Crippen LogP contribution in [0.5, 0.6) is 0 Å². The number of para-hydroxylation sites is 1. The molecule has 1 aliphatic heterocycles. The molecule has 0 saturated carbocycles. The van der Waals surface area contributed by atoms with Crippen molar-refractivity contribution in [3.8, 4) is 0 Å². The first-order valence-electron chi connectivity index (χ1n) is 10.1. The fraction of sp³-hybridized carbons (Fsp3) is 0.304. The third kappa shape index (κ3) is 4.33. The summed E-state index contributed by atoms with van der Waals surface area (Å²) < 4.78 is 26.1. The number of hydrogen-bond donors (Lipinski definition) is 0. The average molecular weight is 456 g/mol. The number of nitrogens with zero attached hydrogens (tertiary/aromatic N) is 3. The quantitative estimate of drug-likeness (QED) is 0.547. The molecule has 4 rings (SSSR count). The molecule has 0 spiro atoms. The van der Waals surface area contributed by atoms with E-state index in [1.54, 1.807) is 23.1 Å². The molecule has 2 heterocycles. The number of benzene rings is 2. The Morgan fingerprint density at radius 1 is 1.16 bits per heavy atom. The van der Waals surface area contributed by atoms with Crippen molar-refractivity contribution in [3.05, 3.63) is 59.7 Å². The molecule has 8 heteroatoms. The SMILES string of the molecule is Cc1cc(SCC(=O)N2CCCc3cc(S(=O)(=O)N(C)C)ccc32)nc2ccccc12. The molecule has 1 aliphatic rings. The monoisotopic (exact) mass is 455 g/mol. The van der Waals surface area contributed by atoms with Crippen molar-refractivity contribution < 1.29 is 13.2 Å². The average Bonchev–Trinajstić information content (AvgIpc) is 2.76. The second kappa shape index (κ2) is 8.61. The van der Waals surface area contributed by atoms with Gasteiger partial charge in [-0.1, -0.05) is 30.0 Å². The minimum absolute atomic E-state index is 0.00165. The van der Waals surface area contributed by atoms with Crippen molar-refractivity contribution in [3.63, 3.8) is 0 Å². The molecule has 0 unspecified atom stereocenters. The number of aryl methyl sites for hydroxylation is 2. The summed E-state index contributed by atoms with van der Waals surface area (Å²) >= 11 is 1.43. The zero-order chi connectivity index (χ0) is 22.2. The molecule has 0 N–H and O–H groups in total. The minimum Gasteiger partial charge on any atom is -0.311 e. The van der Waals surface area contributed by atoms with Crippen LogP contribution in [0, 0.1) is 6.92 Å². The summed E-state index contributed by atoms with van der Waals surface area (Å²) in [5.41, 5.74) is 3.76. The standard InChI is InChI=1S/C23H25N3O3S2/c1-16-13-22(24-20-9-5-4-8-19(16)20)30-15-23(27)26-12-6-7-17-14-18(10-11-21(17)26)31(28,29)25(2)3/h4-5,8-11,13-14H,6-7,12,15H2,1-3H3. The highest BCUT2D eigenvalue weighted by atomic mass is 32.2. The van der Waals surface area contributed by atoms with E-state index in [1.165, 1.54) is 30.2 Å². The van der Waals surface area contributed by atoms with E-state index in [0.717, 1.165) is 45.6 Å². The Morgan fingerprint density at radius 3 is 2.71 bits per heavy atom. The number of thioether (sulfide) groups is 1. The van der Waals surface area contributed by atoms with Crippen LogP contribution in [0.15, 0.2) is 58.5 Å². The van der Waals surface area contributed by atoms with E-state index >= 15 is 0 Å². The fourth-order valence-electron chi connectivity index (χ4n) is 3.81. The van der Waals surface area contributed by atoms with Gasteiger partial charge in [-0.15, -0.1) is 0 Å². The Labute approximate surface area is 187 Å². The van der Waals surface area contributed by atoms with Crippen molar-refractivity contribution in [2.45, 2.75) is 29.7 Å². The molecular weight excluding hydrogens is 430 g/mol. The Balaban J connectivity index is 1.53. The second-order valence-corrected chi connectivity index (χ2v) is 11.0. The van der Waals surface area contributed by atoms with E-state index < -0.39 is 10.0 Å². The van der Waals surface area contributed by atoms with Crippen LogP contribution < -0.4 is 4.90 Å². The number of carbonyl (C=O) groups is 1. The number of hydrogen-bond acceptors (Lipinski definition) is 5. The van der Waals surface area contributed by atoms with E-state index in [-0.39, 0.29) is 16.6 Å². The normalized spacial score (nSPS) is 14.1. The number of rotatable bonds is 5. The van der Waals surface area contributed by atoms with Crippen LogP contribution in [-0.2, 0) is 21.2 Å². The molecule has 3 aromatic rings. The lowest BCUT2D eigenvalue weighted by atomic mass is 10.0. The predicted octanol–water partition coefficient (Wildman–Crippen LogP) is 3.87. The van der Waals surface area contributed by atoms with Gasteiger partial charge in [0, 0.05) is 31.7 Å². The first-order valence-corrected chi connectivity index (χ1v) is 12.5. The van der Waals surface area contributed by atoms with Crippen molar-refractivity contribution in [2.24, 2.45) is 0 Å². The fourth-order valence-corrected chi connectivity index (χ4v) is 5.61. The van der Waals surface area contributed by atoms with Crippen LogP contribution in [0.3, 0.4) is 0 Å². The maximum atomic E-state index is 13.0. The van der Waals surface area contributed by atoms with Crippen molar-refractivity contribution in [1.82, 2.24) is 9.29 Å². The summed E-state index contributed by atoms with van der Waals surface area (Å²) in [6.07, 6.45) is 1.57. The van der Waals surface area contributed by atoms with Gasteiger partial charge >= 0.3 is 0 Å². The van der Waals surface area contributed by atoms with Gasteiger partial charge in [-0.25, -0.2) is 17.7 Å². The minimum atomic E-state index is -3.50. The van der Waals surface area contributed by atoms with Crippen LogP contribution in [0.4, 0.5) is 5.69 Å². The molecule has 0 atom stereocenters. The zero-order valence-corrected chi connectivity index (χ0v) is 19.5. The molecule has 0 saturated heterocycles. The van der Waals surface area contributed by atoms with E-state index in [1.807, 2.05) is 30.3 Å². The molecule has 1 aromatic heterocycles. The highest BCUT2D eigenvalue weighted by Crippen LogP contribution is 2.31. The number of amides is 1. The van der Waals surface area contributed by atoms with Crippen molar-refractivity contribution in [1.29, 1.82) is 0 Å². The van der Waals surface area contributed by atoms with Crippen molar-refractivity contribution in [2.75, 3.05) is 31.3 Å². The molecule has 0 aliphatic carbocycles. The molecule has 162 valence electrons. The number of pyridine rings is 1. The summed E-state index contributed by atoms with van der Waals surface area (Å²) in [4.78, 5) is 19.7. The van der Waals surface area contributed by atoms with Crippen LogP contribution >= 0.6 is 11.8 Å². The first kappa shape index (κ1) is 21.8. The summed E-state index contributed by atoms with van der Waals surface area (Å²) in [6.45, 7) is 2.69. The number of carbonyl (C=O) groups excluding carboxylic acids is 1. The lowest BCUT2D eigenvalue weighted by molar-refractivity contribution is -0.116. The van der Waals surface area contributed by atoms with Gasteiger partial charge < -0.3 is 4.90 Å². The topological polar surface area (TPSA) is 70.6 Å². The van der Waals surface area contributed by atoms with Crippen LogP contribution in [-0.4, -0.2) is 50.0 Å². The smallest absolute Gasteiger partial charge is 0.242 e. The van der Waals surface area contributed by atoms with Crippen LogP contribution in [0.2, 0.25) is 0 Å². The van der Waals surface area contributed by atoms with Gasteiger partial charge in [-0.05, 0) is 61.2 Å². The van der Waals surface area contributed by atoms with Gasteiger partial charge in [0.15, 0.2) is 0 Å². The third-order valence-corrected chi connectivity index (χ3v) is 8.20. The maximum Gasteiger partial charge on any atom is 0.242 e. The first-order chi connectivity index (χ1) is 14.8. The third-order valence-electron chi connectivity index (χ3n) is 5.49. The summed E-state index contributed by atoms with van der Waals surface area (Å²) in [5.74, 6) is 0.281. The van der Waals surface area contributed by atoms with Gasteiger partial charge in [-0.2, -0.15) is 0 Å². The Hall–Kier alpha value is -2.42. The van der Waals surface area contributed by atoms with E-state index in [2.05, 4.69) is 11.9 Å². The van der Waals surface area contributed by atoms with Gasteiger partial charge in [-0.3, -0.25) is 4.79 Å². The number of aromatic nitrogens is 1. The number of fused-ring (bicyclic) bond motifs is 2. The largest absolute Gasteiger partial charge is 0.311 e. The zero-order valence-electron chi connectivity index (χ0n) is 17.8. The van der Waals surface area contributed by atoms with E-state index in [4.69, 9.17) is 0 Å². The number of sulfonamides is 1. The second-order valence-electron chi connectivity index (χ2n) is 7.81. The van der Waals surface area contributed by atoms with Gasteiger partial charge in [0.25, 0.3) is 0 Å². The highest BCUT2D eigenvalue weighted by molar-refractivity contribution is 7.99.